The molecule has 0 radical (unpaired) electrons. The fraction of sp³-hybridized carbons (Fsp3) is 0.414. The van der Waals surface area contributed by atoms with Crippen LogP contribution in [0, 0.1) is 20.8 Å². The zero-order valence-electron chi connectivity index (χ0n) is 42.9. The van der Waals surface area contributed by atoms with Crippen LogP contribution in [0.4, 0.5) is 10.7 Å². The molecule has 0 saturated carbocycles. The Morgan fingerprint density at radius 2 is 1.63 bits per heavy atom. The van der Waals surface area contributed by atoms with Gasteiger partial charge in [0.15, 0.2) is 0 Å². The summed E-state index contributed by atoms with van der Waals surface area (Å²) in [5.74, 6) is 0. The van der Waals surface area contributed by atoms with Gasteiger partial charge in [-0.15, -0.1) is 11.3 Å². The zero-order chi connectivity index (χ0) is 49.2. The van der Waals surface area contributed by atoms with Crippen molar-refractivity contribution < 1.29 is 0 Å². The number of piperidine rings is 1. The first-order chi connectivity index (χ1) is 32.6. The number of thiophene rings is 1. The summed E-state index contributed by atoms with van der Waals surface area (Å²) in [5.41, 5.74) is 20.8. The molecule has 1 saturated heterocycles. The van der Waals surface area contributed by atoms with Crippen LogP contribution in [0.1, 0.15) is 109 Å². The van der Waals surface area contributed by atoms with Crippen LogP contribution in [0.15, 0.2) is 120 Å². The molecule has 9 nitrogen and oxygen atoms in total. The summed E-state index contributed by atoms with van der Waals surface area (Å²) in [6.45, 7) is 42.3. The number of fused-ring (bicyclic) bond motifs is 2. The van der Waals surface area contributed by atoms with Crippen LogP contribution < -0.4 is 25.8 Å². The normalized spacial score (nSPS) is 16.4. The van der Waals surface area contributed by atoms with E-state index in [0.29, 0.717) is 6.54 Å². The molecule has 362 valence electrons. The van der Waals surface area contributed by atoms with Gasteiger partial charge in [-0.25, -0.2) is 0 Å². The molecule has 4 aromatic rings. The number of hydrogen-bond acceptors (Lipinski definition) is 10. The first kappa shape index (κ1) is 51.4. The Balaban J connectivity index is 0.000000257. The van der Waals surface area contributed by atoms with Crippen molar-refractivity contribution in [3.05, 3.63) is 160 Å². The van der Waals surface area contributed by atoms with Crippen LogP contribution in [-0.2, 0) is 19.4 Å². The summed E-state index contributed by atoms with van der Waals surface area (Å²) in [6.07, 6.45) is 8.48. The van der Waals surface area contributed by atoms with Gasteiger partial charge >= 0.3 is 0 Å². The molecule has 3 N–H and O–H groups in total. The number of nitrogens with one attached hydrogen (secondary N) is 3. The molecule has 10 heteroatoms. The van der Waals surface area contributed by atoms with Crippen molar-refractivity contribution in [3.63, 3.8) is 0 Å². The van der Waals surface area contributed by atoms with E-state index in [4.69, 9.17) is 4.99 Å². The third kappa shape index (κ3) is 11.8. The minimum atomic E-state index is 0.0849. The monoisotopic (exact) mass is 934 g/mol. The molecule has 7 rings (SSSR count). The maximum absolute atomic E-state index is 5.04. The maximum Gasteiger partial charge on any atom is 0.138 e. The molecule has 4 heterocycles. The lowest BCUT2D eigenvalue weighted by Gasteiger charge is -2.36. The van der Waals surface area contributed by atoms with E-state index in [-0.39, 0.29) is 12.2 Å². The van der Waals surface area contributed by atoms with Gasteiger partial charge in [-0.2, -0.15) is 5.10 Å². The van der Waals surface area contributed by atoms with E-state index in [9.17, 15) is 0 Å². The van der Waals surface area contributed by atoms with E-state index in [2.05, 4.69) is 179 Å². The second-order valence-corrected chi connectivity index (χ2v) is 20.1. The molecule has 2 unspecified atom stereocenters. The van der Waals surface area contributed by atoms with Crippen LogP contribution in [0.3, 0.4) is 0 Å². The minimum Gasteiger partial charge on any atom is -0.389 e. The molecule has 0 spiro atoms. The van der Waals surface area contributed by atoms with Gasteiger partial charge in [-0.05, 0) is 125 Å². The summed E-state index contributed by atoms with van der Waals surface area (Å²) < 4.78 is 0. The van der Waals surface area contributed by atoms with Crippen LogP contribution in [0.5, 0.6) is 0 Å². The summed E-state index contributed by atoms with van der Waals surface area (Å²) in [4.78, 5) is 13.5. The number of aliphatic imine (C=N–C) groups is 1. The van der Waals surface area contributed by atoms with E-state index in [1.165, 1.54) is 84.0 Å². The van der Waals surface area contributed by atoms with E-state index < -0.39 is 0 Å². The minimum absolute atomic E-state index is 0.0849. The highest BCUT2D eigenvalue weighted by Gasteiger charge is 2.34. The van der Waals surface area contributed by atoms with E-state index in [1.807, 2.05) is 30.3 Å². The number of hydrazone groups is 1. The van der Waals surface area contributed by atoms with Gasteiger partial charge in [0.25, 0.3) is 0 Å². The van der Waals surface area contributed by atoms with Crippen molar-refractivity contribution in [1.29, 1.82) is 0 Å². The van der Waals surface area contributed by atoms with Crippen molar-refractivity contribution in [1.82, 2.24) is 25.9 Å². The smallest absolute Gasteiger partial charge is 0.138 e. The summed E-state index contributed by atoms with van der Waals surface area (Å²) >= 11 is 1.85. The largest absolute Gasteiger partial charge is 0.389 e. The molecule has 3 aliphatic rings. The lowest BCUT2D eigenvalue weighted by Crippen LogP contribution is -2.46. The second kappa shape index (κ2) is 23.3. The number of likely N-dealkylation sites (N-methyl/N-ethyl adjacent to an activating group) is 2. The third-order valence-electron chi connectivity index (χ3n) is 13.8. The number of nitrogens with zero attached hydrogens (tertiary/aromatic N) is 6. The van der Waals surface area contributed by atoms with Gasteiger partial charge in [0.1, 0.15) is 11.2 Å². The van der Waals surface area contributed by atoms with Gasteiger partial charge in [0.2, 0.25) is 0 Å². The first-order valence-electron chi connectivity index (χ1n) is 24.6. The number of rotatable bonds is 19. The predicted octanol–water partition coefficient (Wildman–Crippen LogP) is 12.1. The zero-order valence-corrected chi connectivity index (χ0v) is 43.7. The van der Waals surface area contributed by atoms with Crippen molar-refractivity contribution in [2.75, 3.05) is 57.1 Å². The van der Waals surface area contributed by atoms with Crippen LogP contribution in [0.2, 0.25) is 0 Å². The van der Waals surface area contributed by atoms with Crippen molar-refractivity contribution in [2.45, 2.75) is 112 Å². The van der Waals surface area contributed by atoms with Gasteiger partial charge in [0, 0.05) is 110 Å². The number of benzene rings is 3. The molecular formula is C58H79N9S. The molecule has 0 amide bonds. The van der Waals surface area contributed by atoms with Crippen molar-refractivity contribution >= 4 is 40.2 Å². The highest BCUT2D eigenvalue weighted by Crippen LogP contribution is 2.44. The average molecular weight is 934 g/mol. The Morgan fingerprint density at radius 3 is 2.28 bits per heavy atom. The standard InChI is InChI=1S/C38H53N5.C20H26N4S/c1-10-31-23-32(24-38(42(8)9)35(31)19-17-27(4)40-22-13-11-12-21-39-26(2)3)34-16-14-15-33-30(7)43(25-36(33)34)37-20-18-28(5)41-29(37)6;1-7-24-17(23(6)21-5)12-22-19(16-10-8-13(2)9-11-16)18-14(3)15(4)25-20(18)24/h14-16,23-24,37,39-41H,2,4-7,10-13,17-22,25H2,1,3,8-9H3;8-11,17H,5,7,12H2,1-4,6H3. The Kier molecular flexibility index (Phi) is 17.6. The van der Waals surface area contributed by atoms with E-state index in [1.54, 1.807) is 0 Å². The molecule has 1 aromatic heterocycles. The molecule has 3 aromatic carbocycles. The molecule has 3 aliphatic heterocycles. The number of allylic oxidation sites excluding steroid dienone is 3. The van der Waals surface area contributed by atoms with Crippen LogP contribution in [-0.4, -0.2) is 81.9 Å². The molecule has 0 bridgehead atoms. The third-order valence-corrected chi connectivity index (χ3v) is 15.0. The van der Waals surface area contributed by atoms with E-state index >= 15 is 0 Å². The fourth-order valence-electron chi connectivity index (χ4n) is 9.74. The van der Waals surface area contributed by atoms with Crippen LogP contribution in [0.25, 0.3) is 16.8 Å². The highest BCUT2D eigenvalue weighted by atomic mass is 32.1. The van der Waals surface area contributed by atoms with E-state index in [0.717, 1.165) is 98.9 Å². The predicted molar refractivity (Wildman–Crippen MR) is 296 cm³/mol. The topological polar surface area (TPSA) is 73.8 Å². The number of anilines is 2. The van der Waals surface area contributed by atoms with Crippen molar-refractivity contribution in [3.8, 4) is 11.1 Å². The average Bonchev–Trinajstić information content (AvgIpc) is 3.74. The quantitative estimate of drug-likeness (QED) is 0.0491. The summed E-state index contributed by atoms with van der Waals surface area (Å²) in [7, 11) is 6.29. The molecule has 2 atom stereocenters. The lowest BCUT2D eigenvalue weighted by molar-refractivity contribution is 0.255. The van der Waals surface area contributed by atoms with Gasteiger partial charge in [0.05, 0.1) is 18.3 Å². The van der Waals surface area contributed by atoms with Gasteiger partial charge in [-0.3, -0.25) is 10.0 Å². The SMILES string of the molecule is C=C(C)NCCCCCNC(=C)CCc1c(CC)cc(-c2cccc3c2CN(C2CCC(=C)NC2=C)C3=C)cc1N(C)C.C=NN(C)C1CN=C(c2ccc(C)cc2)c2c(sc(C)c2C)N1CC. The van der Waals surface area contributed by atoms with Gasteiger partial charge in [-0.1, -0.05) is 93.9 Å². The second-order valence-electron chi connectivity index (χ2n) is 18.9. The fourth-order valence-corrected chi connectivity index (χ4v) is 11.0. The summed E-state index contributed by atoms with van der Waals surface area (Å²) in [5, 5.41) is 17.6. The van der Waals surface area contributed by atoms with Crippen molar-refractivity contribution in [2.24, 2.45) is 10.1 Å². The van der Waals surface area contributed by atoms with Crippen LogP contribution >= 0.6 is 11.3 Å². The highest BCUT2D eigenvalue weighted by molar-refractivity contribution is 7.16. The maximum atomic E-state index is 5.04. The molecule has 1 fully saturated rings. The Morgan fingerprint density at radius 1 is 0.926 bits per heavy atom. The molecular weight excluding hydrogens is 855 g/mol. The number of hydrogen-bond donors (Lipinski definition) is 3. The molecule has 68 heavy (non-hydrogen) atoms. The Hall–Kier alpha value is -6.00. The first-order valence-corrected chi connectivity index (χ1v) is 25.4. The summed E-state index contributed by atoms with van der Waals surface area (Å²) in [6, 6.07) is 20.4. The number of aryl methyl sites for hydroxylation is 3. The lowest BCUT2D eigenvalue weighted by atomic mass is 9.90. The Bertz CT molecular complexity index is 2520. The number of unbranched alkanes of at least 4 members (excludes halogenated alkanes) is 2. The molecule has 0 aliphatic carbocycles. The van der Waals surface area contributed by atoms with Gasteiger partial charge < -0.3 is 30.7 Å². The Labute approximate surface area is 413 Å².